The van der Waals surface area contributed by atoms with Crippen LogP contribution < -0.4 is 11.1 Å². The van der Waals surface area contributed by atoms with Gasteiger partial charge in [0, 0.05) is 27.5 Å². The molecule has 3 N–H and O–H groups in total. The van der Waals surface area contributed by atoms with Crippen molar-refractivity contribution in [1.82, 2.24) is 0 Å². The number of nitrogens with two attached hydrogens (primary N) is 1. The number of nitrogens with one attached hydrogen (secondary N) is 1. The molecule has 1 aliphatic rings. The minimum absolute atomic E-state index is 0.0272. The Kier molecular flexibility index (Phi) is 8.07. The zero-order valence-corrected chi connectivity index (χ0v) is 16.3. The van der Waals surface area contributed by atoms with Gasteiger partial charge in [-0.25, -0.2) is 0 Å². The fourth-order valence-corrected chi connectivity index (χ4v) is 3.14. The van der Waals surface area contributed by atoms with Gasteiger partial charge in [-0.05, 0) is 68.3 Å². The second-order valence-corrected chi connectivity index (χ2v) is 6.97. The lowest BCUT2D eigenvalue weighted by Crippen LogP contribution is -2.31. The van der Waals surface area contributed by atoms with Crippen LogP contribution >= 0.6 is 23.2 Å². The van der Waals surface area contributed by atoms with Crippen molar-refractivity contribution in [2.45, 2.75) is 32.2 Å². The molecule has 0 heterocycles. The minimum Gasteiger partial charge on any atom is -0.466 e. The highest BCUT2D eigenvalue weighted by Gasteiger charge is 2.33. The first-order valence-corrected chi connectivity index (χ1v) is 9.45. The molecule has 1 fully saturated rings. The number of nitrogen functional groups attached to an aromatic ring is 1. The second-order valence-electron chi connectivity index (χ2n) is 6.10. The zero-order chi connectivity index (χ0) is 18.9. The summed E-state index contributed by atoms with van der Waals surface area (Å²) in [4.78, 5) is 11.8. The van der Waals surface area contributed by atoms with Gasteiger partial charge in [0.2, 0.25) is 0 Å². The van der Waals surface area contributed by atoms with Crippen molar-refractivity contribution in [2.75, 3.05) is 17.7 Å². The Labute approximate surface area is 164 Å². The van der Waals surface area contributed by atoms with Gasteiger partial charge in [0.25, 0.3) is 0 Å². The maximum Gasteiger partial charge on any atom is 0.311 e. The molecule has 140 valence electrons. The molecule has 3 rings (SSSR count). The number of hydrogen-bond acceptors (Lipinski definition) is 4. The van der Waals surface area contributed by atoms with Crippen molar-refractivity contribution in [1.29, 1.82) is 0 Å². The molecule has 1 saturated carbocycles. The highest BCUT2D eigenvalue weighted by Crippen LogP contribution is 2.30. The average Bonchev–Trinajstić information content (AvgIpc) is 3.09. The number of carbonyl (C=O) groups excluding carboxylic acids is 1. The fraction of sp³-hybridized carbons (Fsp3) is 0.350. The van der Waals surface area contributed by atoms with Crippen molar-refractivity contribution in [3.8, 4) is 0 Å². The largest absolute Gasteiger partial charge is 0.466 e. The number of carbonyl (C=O) groups is 1. The van der Waals surface area contributed by atoms with Gasteiger partial charge in [0.1, 0.15) is 0 Å². The molecule has 0 aromatic heterocycles. The number of ether oxygens (including phenoxy) is 1. The van der Waals surface area contributed by atoms with E-state index in [1.807, 2.05) is 31.2 Å². The molecule has 4 nitrogen and oxygen atoms in total. The van der Waals surface area contributed by atoms with E-state index < -0.39 is 0 Å². The van der Waals surface area contributed by atoms with E-state index in [1.165, 1.54) is 0 Å². The maximum absolute atomic E-state index is 11.8. The highest BCUT2D eigenvalue weighted by atomic mass is 35.5. The Morgan fingerprint density at radius 1 is 1.08 bits per heavy atom. The smallest absolute Gasteiger partial charge is 0.311 e. The fourth-order valence-electron chi connectivity index (χ4n) is 2.89. The van der Waals surface area contributed by atoms with E-state index in [0.717, 1.165) is 35.7 Å². The third-order valence-corrected chi connectivity index (χ3v) is 4.68. The van der Waals surface area contributed by atoms with E-state index >= 15 is 0 Å². The summed E-state index contributed by atoms with van der Waals surface area (Å²) in [5.41, 5.74) is 7.11. The van der Waals surface area contributed by atoms with Crippen LogP contribution in [0.2, 0.25) is 10.0 Å². The Bertz CT molecular complexity index is 669. The predicted molar refractivity (Wildman–Crippen MR) is 109 cm³/mol. The molecule has 2 aromatic carbocycles. The van der Waals surface area contributed by atoms with Crippen LogP contribution in [0.5, 0.6) is 0 Å². The van der Waals surface area contributed by atoms with E-state index in [9.17, 15) is 4.79 Å². The predicted octanol–water partition coefficient (Wildman–Crippen LogP) is 5.41. The molecule has 0 saturated heterocycles. The van der Waals surface area contributed by atoms with Gasteiger partial charge in [-0.2, -0.15) is 0 Å². The van der Waals surface area contributed by atoms with Gasteiger partial charge in [-0.1, -0.05) is 29.6 Å². The normalized spacial score (nSPS) is 18.6. The monoisotopic (exact) mass is 394 g/mol. The van der Waals surface area contributed by atoms with E-state index in [4.69, 9.17) is 33.7 Å². The van der Waals surface area contributed by atoms with Gasteiger partial charge >= 0.3 is 5.97 Å². The molecule has 1 aliphatic carbocycles. The third-order valence-electron chi connectivity index (χ3n) is 4.17. The number of anilines is 2. The molecule has 2 aromatic rings. The van der Waals surface area contributed by atoms with Crippen LogP contribution in [0.1, 0.15) is 26.2 Å². The molecule has 0 amide bonds. The van der Waals surface area contributed by atoms with Gasteiger partial charge in [0.15, 0.2) is 0 Å². The summed E-state index contributed by atoms with van der Waals surface area (Å²) < 4.78 is 5.11. The summed E-state index contributed by atoms with van der Waals surface area (Å²) in [5.74, 6) is -0.109. The number of hydrogen-bond donors (Lipinski definition) is 2. The Morgan fingerprint density at radius 2 is 1.65 bits per heavy atom. The lowest BCUT2D eigenvalue weighted by atomic mass is 10.0. The van der Waals surface area contributed by atoms with Crippen molar-refractivity contribution < 1.29 is 9.53 Å². The molecule has 2 atom stereocenters. The quantitative estimate of drug-likeness (QED) is 0.537. The van der Waals surface area contributed by atoms with Crippen molar-refractivity contribution in [2.24, 2.45) is 5.92 Å². The summed E-state index contributed by atoms with van der Waals surface area (Å²) in [5, 5.41) is 4.84. The molecular formula is C20H24Cl2N2O2. The Balaban J connectivity index is 0.000000254. The van der Waals surface area contributed by atoms with E-state index in [2.05, 4.69) is 5.32 Å². The first-order valence-electron chi connectivity index (χ1n) is 8.69. The summed E-state index contributed by atoms with van der Waals surface area (Å²) in [6, 6.07) is 14.8. The van der Waals surface area contributed by atoms with Crippen LogP contribution in [0.3, 0.4) is 0 Å². The topological polar surface area (TPSA) is 64.3 Å². The molecule has 0 radical (unpaired) electrons. The standard InChI is InChI=1S/C14H18ClNO2.C6H6ClN/c1-2-18-14(17)12-4-3-5-13(12)16-11-8-6-10(15)7-9-11;7-5-1-3-6(8)4-2-5/h6-9,12-13,16H,2-5H2,1H3;1-4H,8H2. The Hall–Kier alpha value is -1.91. The van der Waals surface area contributed by atoms with E-state index in [-0.39, 0.29) is 17.9 Å². The lowest BCUT2D eigenvalue weighted by Gasteiger charge is -2.20. The van der Waals surface area contributed by atoms with Crippen LogP contribution in [0.4, 0.5) is 11.4 Å². The molecule has 0 aliphatic heterocycles. The first-order chi connectivity index (χ1) is 12.5. The average molecular weight is 395 g/mol. The Morgan fingerprint density at radius 3 is 2.19 bits per heavy atom. The SMILES string of the molecule is CCOC(=O)C1CCCC1Nc1ccc(Cl)cc1.Nc1ccc(Cl)cc1. The lowest BCUT2D eigenvalue weighted by molar-refractivity contribution is -0.148. The molecule has 2 unspecified atom stereocenters. The highest BCUT2D eigenvalue weighted by molar-refractivity contribution is 6.30. The molecule has 0 bridgehead atoms. The van der Waals surface area contributed by atoms with E-state index in [1.54, 1.807) is 24.3 Å². The number of rotatable bonds is 4. The van der Waals surface area contributed by atoms with Crippen molar-refractivity contribution in [3.05, 3.63) is 58.6 Å². The molecule has 0 spiro atoms. The second kappa shape index (κ2) is 10.3. The van der Waals surface area contributed by atoms with E-state index in [0.29, 0.717) is 11.6 Å². The summed E-state index contributed by atoms with van der Waals surface area (Å²) >= 11 is 11.4. The summed E-state index contributed by atoms with van der Waals surface area (Å²) in [7, 11) is 0. The zero-order valence-electron chi connectivity index (χ0n) is 14.8. The van der Waals surface area contributed by atoms with Crippen LogP contribution in [0, 0.1) is 5.92 Å². The maximum atomic E-state index is 11.8. The molecular weight excluding hydrogens is 371 g/mol. The first kappa shape index (κ1) is 20.4. The summed E-state index contributed by atoms with van der Waals surface area (Å²) in [6.07, 6.45) is 2.98. The molecule has 6 heteroatoms. The van der Waals surface area contributed by atoms with Crippen LogP contribution in [0.25, 0.3) is 0 Å². The number of benzene rings is 2. The van der Waals surface area contributed by atoms with Crippen LogP contribution in [-0.4, -0.2) is 18.6 Å². The van der Waals surface area contributed by atoms with Crippen LogP contribution in [0.15, 0.2) is 48.5 Å². The van der Waals surface area contributed by atoms with Gasteiger partial charge < -0.3 is 15.8 Å². The summed E-state index contributed by atoms with van der Waals surface area (Å²) in [6.45, 7) is 2.29. The van der Waals surface area contributed by atoms with Gasteiger partial charge in [-0.15, -0.1) is 0 Å². The van der Waals surface area contributed by atoms with Crippen molar-refractivity contribution >= 4 is 40.5 Å². The third kappa shape index (κ3) is 6.43. The van der Waals surface area contributed by atoms with Gasteiger partial charge in [0.05, 0.1) is 12.5 Å². The molecule has 26 heavy (non-hydrogen) atoms. The number of esters is 1. The minimum atomic E-state index is -0.0820. The van der Waals surface area contributed by atoms with Crippen molar-refractivity contribution in [3.63, 3.8) is 0 Å². The van der Waals surface area contributed by atoms with Gasteiger partial charge in [-0.3, -0.25) is 4.79 Å². The van der Waals surface area contributed by atoms with Crippen LogP contribution in [-0.2, 0) is 9.53 Å². The number of halogens is 2.